The van der Waals surface area contributed by atoms with Gasteiger partial charge >= 0.3 is 0 Å². The van der Waals surface area contributed by atoms with E-state index in [4.69, 9.17) is 11.6 Å². The molecule has 2 saturated carbocycles. The molecule has 0 heterocycles. The Kier molecular flexibility index (Phi) is 5.86. The molecule has 0 radical (unpaired) electrons. The molecule has 2 aliphatic carbocycles. The Labute approximate surface area is 144 Å². The number of nitrogens with one attached hydrogen (secondary N) is 1. The van der Waals surface area contributed by atoms with E-state index < -0.39 is 0 Å². The van der Waals surface area contributed by atoms with Crippen LogP contribution in [0.2, 0.25) is 0 Å². The molecule has 0 saturated heterocycles. The maximum atomic E-state index is 6.14. The monoisotopic (exact) mass is 323 g/mol. The molecule has 6 atom stereocenters. The van der Waals surface area contributed by atoms with Crippen LogP contribution >= 0.6 is 0 Å². The lowest BCUT2D eigenvalue weighted by molar-refractivity contribution is 0.0615. The zero-order chi connectivity index (χ0) is 17.4. The van der Waals surface area contributed by atoms with E-state index in [0.29, 0.717) is 28.7 Å². The highest BCUT2D eigenvalue weighted by atomic mass is 15.2. The van der Waals surface area contributed by atoms with Crippen LogP contribution in [0.4, 0.5) is 0 Å². The van der Waals surface area contributed by atoms with Gasteiger partial charge in [-0.05, 0) is 86.0 Å². The van der Waals surface area contributed by atoms with Crippen LogP contribution in [0, 0.1) is 40.4 Å². The first-order chi connectivity index (χ1) is 10.6. The van der Waals surface area contributed by atoms with Crippen molar-refractivity contribution in [3.63, 3.8) is 0 Å². The standard InChI is InChI=1S/C20H41N3/c1-13-15(12-21)9-10-19(3,4)18-11-20(5,6)17(14(2)23-22)8-7-16(13)18/h13-18,23H,7-12,21-22H2,1-6H3. The maximum absolute atomic E-state index is 6.14. The van der Waals surface area contributed by atoms with Crippen molar-refractivity contribution in [3.8, 4) is 0 Å². The van der Waals surface area contributed by atoms with Gasteiger partial charge in [-0.2, -0.15) is 0 Å². The fourth-order valence-electron chi connectivity index (χ4n) is 6.05. The van der Waals surface area contributed by atoms with E-state index in [2.05, 4.69) is 47.0 Å². The largest absolute Gasteiger partial charge is 0.330 e. The number of hydrogen-bond donors (Lipinski definition) is 3. The fourth-order valence-corrected chi connectivity index (χ4v) is 6.05. The van der Waals surface area contributed by atoms with Gasteiger partial charge in [0.2, 0.25) is 0 Å². The second-order valence-corrected chi connectivity index (χ2v) is 9.98. The van der Waals surface area contributed by atoms with Gasteiger partial charge in [0.25, 0.3) is 0 Å². The van der Waals surface area contributed by atoms with Gasteiger partial charge in [0.1, 0.15) is 0 Å². The first-order valence-electron chi connectivity index (χ1n) is 9.80. The molecule has 23 heavy (non-hydrogen) atoms. The van der Waals surface area contributed by atoms with Gasteiger partial charge in [0.05, 0.1) is 0 Å². The lowest BCUT2D eigenvalue weighted by Gasteiger charge is -2.43. The van der Waals surface area contributed by atoms with Crippen molar-refractivity contribution >= 4 is 0 Å². The molecule has 3 heteroatoms. The van der Waals surface area contributed by atoms with Gasteiger partial charge in [0, 0.05) is 6.04 Å². The van der Waals surface area contributed by atoms with Crippen molar-refractivity contribution < 1.29 is 0 Å². The van der Waals surface area contributed by atoms with Crippen LogP contribution < -0.4 is 17.0 Å². The highest BCUT2D eigenvalue weighted by Gasteiger charge is 2.49. The summed E-state index contributed by atoms with van der Waals surface area (Å²) in [6.07, 6.45) is 6.58. The van der Waals surface area contributed by atoms with Gasteiger partial charge in [-0.25, -0.2) is 0 Å². The van der Waals surface area contributed by atoms with E-state index in [1.807, 2.05) is 0 Å². The van der Waals surface area contributed by atoms with E-state index in [1.54, 1.807) is 0 Å². The first-order valence-corrected chi connectivity index (χ1v) is 9.80. The molecular weight excluding hydrogens is 282 g/mol. The van der Waals surface area contributed by atoms with Crippen molar-refractivity contribution in [2.45, 2.75) is 79.7 Å². The predicted octanol–water partition coefficient (Wildman–Crippen LogP) is 3.93. The van der Waals surface area contributed by atoms with Crippen LogP contribution in [0.25, 0.3) is 0 Å². The average Bonchev–Trinajstić information content (AvgIpc) is 2.67. The van der Waals surface area contributed by atoms with Crippen molar-refractivity contribution in [2.75, 3.05) is 6.54 Å². The Morgan fingerprint density at radius 3 is 2.30 bits per heavy atom. The van der Waals surface area contributed by atoms with Crippen molar-refractivity contribution in [1.82, 2.24) is 5.43 Å². The number of nitrogens with two attached hydrogens (primary N) is 2. The van der Waals surface area contributed by atoms with Crippen LogP contribution in [-0.2, 0) is 0 Å². The van der Waals surface area contributed by atoms with Crippen LogP contribution in [0.1, 0.15) is 73.6 Å². The predicted molar refractivity (Wildman–Crippen MR) is 99.6 cm³/mol. The normalized spacial score (nSPS) is 41.5. The van der Waals surface area contributed by atoms with Crippen molar-refractivity contribution in [2.24, 2.45) is 52.0 Å². The van der Waals surface area contributed by atoms with Gasteiger partial charge < -0.3 is 5.73 Å². The highest BCUT2D eigenvalue weighted by molar-refractivity contribution is 4.99. The Morgan fingerprint density at radius 2 is 1.74 bits per heavy atom. The summed E-state index contributed by atoms with van der Waals surface area (Å²) in [5, 5.41) is 0. The molecule has 0 aliphatic heterocycles. The zero-order valence-electron chi connectivity index (χ0n) is 16.4. The molecule has 0 spiro atoms. The average molecular weight is 324 g/mol. The summed E-state index contributed by atoms with van der Waals surface area (Å²) in [5.41, 5.74) is 9.94. The minimum absolute atomic E-state index is 0.338. The van der Waals surface area contributed by atoms with E-state index in [1.165, 1.54) is 32.1 Å². The SMILES string of the molecule is CC(NN)C1CCC2C(C)C(CN)CCC(C)(C)C2CC1(C)C. The van der Waals surface area contributed by atoms with Gasteiger partial charge in [-0.3, -0.25) is 11.3 Å². The second-order valence-electron chi connectivity index (χ2n) is 9.98. The molecule has 2 fully saturated rings. The fraction of sp³-hybridized carbons (Fsp3) is 1.00. The van der Waals surface area contributed by atoms with Gasteiger partial charge in [0.15, 0.2) is 0 Å². The molecule has 6 unspecified atom stereocenters. The number of fused-ring (bicyclic) bond motifs is 1. The summed E-state index contributed by atoms with van der Waals surface area (Å²) in [6.45, 7) is 15.6. The summed E-state index contributed by atoms with van der Waals surface area (Å²) in [5.74, 6) is 9.53. The van der Waals surface area contributed by atoms with Crippen molar-refractivity contribution in [1.29, 1.82) is 0 Å². The summed E-state index contributed by atoms with van der Waals surface area (Å²) in [6, 6.07) is 0.385. The van der Waals surface area contributed by atoms with Gasteiger partial charge in [-0.15, -0.1) is 0 Å². The summed E-state index contributed by atoms with van der Waals surface area (Å²) in [7, 11) is 0. The molecule has 2 aliphatic rings. The molecule has 136 valence electrons. The molecule has 0 bridgehead atoms. The Morgan fingerprint density at radius 1 is 1.09 bits per heavy atom. The summed E-state index contributed by atoms with van der Waals surface area (Å²) in [4.78, 5) is 0. The van der Waals surface area contributed by atoms with E-state index >= 15 is 0 Å². The lowest BCUT2D eigenvalue weighted by atomic mass is 9.62. The number of hydrogen-bond acceptors (Lipinski definition) is 3. The summed E-state index contributed by atoms with van der Waals surface area (Å²) < 4.78 is 0. The molecule has 0 amide bonds. The second kappa shape index (κ2) is 7.01. The topological polar surface area (TPSA) is 64.1 Å². The molecule has 5 N–H and O–H groups in total. The highest BCUT2D eigenvalue weighted by Crippen LogP contribution is 2.56. The molecule has 0 aromatic rings. The number of rotatable bonds is 3. The maximum Gasteiger partial charge on any atom is 0.0215 e. The smallest absolute Gasteiger partial charge is 0.0215 e. The lowest BCUT2D eigenvalue weighted by Crippen LogP contribution is -2.45. The van der Waals surface area contributed by atoms with E-state index in [0.717, 1.165) is 24.3 Å². The Hall–Kier alpha value is -0.120. The third kappa shape index (κ3) is 3.77. The summed E-state index contributed by atoms with van der Waals surface area (Å²) >= 11 is 0. The first kappa shape index (κ1) is 19.2. The number of hydrazine groups is 1. The minimum atomic E-state index is 0.338. The third-order valence-electron chi connectivity index (χ3n) is 7.83. The van der Waals surface area contributed by atoms with E-state index in [-0.39, 0.29) is 0 Å². The quantitative estimate of drug-likeness (QED) is 0.545. The molecule has 0 aromatic heterocycles. The zero-order valence-corrected chi connectivity index (χ0v) is 16.4. The molecule has 3 nitrogen and oxygen atoms in total. The Balaban J connectivity index is 2.35. The van der Waals surface area contributed by atoms with Crippen LogP contribution in [0.15, 0.2) is 0 Å². The minimum Gasteiger partial charge on any atom is -0.330 e. The molecular formula is C20H41N3. The van der Waals surface area contributed by atoms with Crippen LogP contribution in [-0.4, -0.2) is 12.6 Å². The Bertz CT molecular complexity index is 390. The van der Waals surface area contributed by atoms with Crippen molar-refractivity contribution in [3.05, 3.63) is 0 Å². The van der Waals surface area contributed by atoms with Gasteiger partial charge in [-0.1, -0.05) is 34.6 Å². The molecule has 0 aromatic carbocycles. The van der Waals surface area contributed by atoms with E-state index in [9.17, 15) is 0 Å². The van der Waals surface area contributed by atoms with Crippen LogP contribution in [0.3, 0.4) is 0 Å². The van der Waals surface area contributed by atoms with Crippen LogP contribution in [0.5, 0.6) is 0 Å². The molecule has 2 rings (SSSR count). The third-order valence-corrected chi connectivity index (χ3v) is 7.83.